The van der Waals surface area contributed by atoms with Gasteiger partial charge in [0.1, 0.15) is 11.2 Å². The quantitative estimate of drug-likeness (QED) is 0.174. The van der Waals surface area contributed by atoms with Crippen LogP contribution in [0.15, 0.2) is 199 Å². The van der Waals surface area contributed by atoms with E-state index in [4.69, 9.17) is 19.4 Å². The van der Waals surface area contributed by atoms with E-state index in [0.29, 0.717) is 17.5 Å². The zero-order chi connectivity index (χ0) is 40.0. The van der Waals surface area contributed by atoms with Crippen LogP contribution >= 0.6 is 11.3 Å². The van der Waals surface area contributed by atoms with Crippen molar-refractivity contribution >= 4 is 86.0 Å². The van der Waals surface area contributed by atoms with Gasteiger partial charge in [0.25, 0.3) is 0 Å². The molecule has 0 fully saturated rings. The molecule has 0 N–H and O–H groups in total. The molecule has 0 bridgehead atoms. The van der Waals surface area contributed by atoms with Crippen molar-refractivity contribution in [2.75, 3.05) is 0 Å². The van der Waals surface area contributed by atoms with E-state index in [9.17, 15) is 0 Å². The minimum Gasteiger partial charge on any atom is -0.456 e. The van der Waals surface area contributed by atoms with Gasteiger partial charge in [-0.05, 0) is 76.5 Å². The lowest BCUT2D eigenvalue weighted by molar-refractivity contribution is 0.669. The minimum atomic E-state index is 0.593. The number of para-hydroxylation sites is 2. The average molecular weight is 797 g/mol. The van der Waals surface area contributed by atoms with Crippen LogP contribution in [-0.4, -0.2) is 19.5 Å². The van der Waals surface area contributed by atoms with E-state index >= 15 is 0 Å². The van der Waals surface area contributed by atoms with Gasteiger partial charge in [0, 0.05) is 64.1 Å². The van der Waals surface area contributed by atoms with Gasteiger partial charge in [0.15, 0.2) is 17.5 Å². The Morgan fingerprint density at radius 1 is 0.377 bits per heavy atom. The highest BCUT2D eigenvalue weighted by molar-refractivity contribution is 7.26. The fourth-order valence-electron chi connectivity index (χ4n) is 9.25. The third-order valence-corrected chi connectivity index (χ3v) is 13.1. The van der Waals surface area contributed by atoms with Gasteiger partial charge in [-0.2, -0.15) is 0 Å². The first-order valence-corrected chi connectivity index (χ1v) is 21.2. The molecule has 0 radical (unpaired) electrons. The lowest BCUT2D eigenvalue weighted by atomic mass is 9.96. The molecule has 9 aromatic carbocycles. The predicted molar refractivity (Wildman–Crippen MR) is 254 cm³/mol. The first kappa shape index (κ1) is 34.0. The summed E-state index contributed by atoms with van der Waals surface area (Å²) in [7, 11) is 0. The third kappa shape index (κ3) is 5.36. The molecule has 4 heterocycles. The van der Waals surface area contributed by atoms with Crippen molar-refractivity contribution in [1.82, 2.24) is 19.5 Å². The Labute approximate surface area is 353 Å². The highest BCUT2D eigenvalue weighted by atomic mass is 32.1. The maximum Gasteiger partial charge on any atom is 0.164 e. The summed E-state index contributed by atoms with van der Waals surface area (Å²) in [6.45, 7) is 0. The molecule has 4 aromatic heterocycles. The van der Waals surface area contributed by atoms with Crippen molar-refractivity contribution in [3.8, 4) is 51.0 Å². The second kappa shape index (κ2) is 13.3. The second-order valence-electron chi connectivity index (χ2n) is 15.6. The predicted octanol–water partition coefficient (Wildman–Crippen LogP) is 15.1. The van der Waals surface area contributed by atoms with Gasteiger partial charge in [-0.1, -0.05) is 140 Å². The Morgan fingerprint density at radius 3 is 1.87 bits per heavy atom. The van der Waals surface area contributed by atoms with Crippen LogP contribution in [0.4, 0.5) is 0 Å². The van der Waals surface area contributed by atoms with Crippen molar-refractivity contribution in [3.05, 3.63) is 194 Å². The summed E-state index contributed by atoms with van der Waals surface area (Å²) in [5.41, 5.74) is 10.1. The maximum absolute atomic E-state index is 6.63. The molecular formula is C55H32N4OS. The van der Waals surface area contributed by atoms with Crippen molar-refractivity contribution in [3.63, 3.8) is 0 Å². The topological polar surface area (TPSA) is 56.7 Å². The molecule has 13 aromatic rings. The third-order valence-electron chi connectivity index (χ3n) is 12.0. The molecule has 0 amide bonds. The highest BCUT2D eigenvalue weighted by Crippen LogP contribution is 2.45. The van der Waals surface area contributed by atoms with Crippen LogP contribution in [0.2, 0.25) is 0 Å². The van der Waals surface area contributed by atoms with Crippen LogP contribution in [-0.2, 0) is 0 Å². The number of hydrogen-bond acceptors (Lipinski definition) is 5. The number of hydrogen-bond donors (Lipinski definition) is 0. The molecule has 6 heteroatoms. The van der Waals surface area contributed by atoms with Crippen molar-refractivity contribution < 1.29 is 4.42 Å². The number of nitrogens with zero attached hydrogens (tertiary/aromatic N) is 4. The van der Waals surface area contributed by atoms with E-state index < -0.39 is 0 Å². The van der Waals surface area contributed by atoms with Crippen LogP contribution in [0.25, 0.3) is 126 Å². The largest absolute Gasteiger partial charge is 0.456 e. The van der Waals surface area contributed by atoms with Crippen LogP contribution in [0.5, 0.6) is 0 Å². The standard InChI is InChI=1S/C55H32N4OS/c1-2-14-34(15-3-1)53-56-54(37-26-25-33-13-4-5-16-35(33)29-37)58-55(57-53)42-20-12-23-48-51(42)44-30-36(27-28-47(44)60-48)43-31-38(32-50-52(43)41-19-8-11-24-49(41)61-50)59-45-21-9-6-17-39(45)40-18-7-10-22-46(40)59/h1-32H. The van der Waals surface area contributed by atoms with E-state index in [0.717, 1.165) is 55.3 Å². The van der Waals surface area contributed by atoms with Gasteiger partial charge in [-0.3, -0.25) is 0 Å². The number of fused-ring (bicyclic) bond motifs is 10. The summed E-state index contributed by atoms with van der Waals surface area (Å²) in [6, 6.07) is 68.6. The highest BCUT2D eigenvalue weighted by Gasteiger charge is 2.21. The van der Waals surface area contributed by atoms with Gasteiger partial charge in [0.2, 0.25) is 0 Å². The molecular weight excluding hydrogens is 765 g/mol. The second-order valence-corrected chi connectivity index (χ2v) is 16.6. The maximum atomic E-state index is 6.63. The van der Waals surface area contributed by atoms with Crippen LogP contribution in [0, 0.1) is 0 Å². The molecule has 284 valence electrons. The van der Waals surface area contributed by atoms with Gasteiger partial charge in [0.05, 0.1) is 11.0 Å². The van der Waals surface area contributed by atoms with Gasteiger partial charge in [-0.15, -0.1) is 11.3 Å². The van der Waals surface area contributed by atoms with E-state index in [2.05, 4.69) is 156 Å². The summed E-state index contributed by atoms with van der Waals surface area (Å²) < 4.78 is 11.6. The SMILES string of the molecule is c1ccc(-c2nc(-c3ccc4ccccc4c3)nc(-c3cccc4oc5ccc(-c6cc(-n7c8ccccc8c8ccccc87)cc7sc8ccccc8c67)cc5c34)n2)cc1. The van der Waals surface area contributed by atoms with Crippen molar-refractivity contribution in [2.45, 2.75) is 0 Å². The van der Waals surface area contributed by atoms with Gasteiger partial charge in [-0.25, -0.2) is 15.0 Å². The summed E-state index contributed by atoms with van der Waals surface area (Å²) in [5.74, 6) is 1.83. The zero-order valence-electron chi connectivity index (χ0n) is 32.6. The molecule has 0 aliphatic carbocycles. The normalized spacial score (nSPS) is 11.9. The molecule has 0 saturated carbocycles. The molecule has 61 heavy (non-hydrogen) atoms. The lowest BCUT2D eigenvalue weighted by Crippen LogP contribution is -2.00. The summed E-state index contributed by atoms with van der Waals surface area (Å²) in [6.07, 6.45) is 0. The first-order valence-electron chi connectivity index (χ1n) is 20.4. The fraction of sp³-hybridized carbons (Fsp3) is 0. The molecule has 0 aliphatic rings. The number of aromatic nitrogens is 4. The van der Waals surface area contributed by atoms with Gasteiger partial charge < -0.3 is 8.98 Å². The number of benzene rings is 9. The molecule has 13 rings (SSSR count). The number of rotatable bonds is 5. The van der Waals surface area contributed by atoms with E-state index in [1.807, 2.05) is 53.8 Å². The Morgan fingerprint density at radius 2 is 1.05 bits per heavy atom. The smallest absolute Gasteiger partial charge is 0.164 e. The molecule has 0 atom stereocenters. The zero-order valence-corrected chi connectivity index (χ0v) is 33.4. The number of thiophene rings is 1. The number of furan rings is 1. The van der Waals surface area contributed by atoms with E-state index in [1.165, 1.54) is 52.9 Å². The van der Waals surface area contributed by atoms with Crippen molar-refractivity contribution in [1.29, 1.82) is 0 Å². The van der Waals surface area contributed by atoms with Crippen LogP contribution < -0.4 is 0 Å². The van der Waals surface area contributed by atoms with Gasteiger partial charge >= 0.3 is 0 Å². The van der Waals surface area contributed by atoms with E-state index in [-0.39, 0.29) is 0 Å². The molecule has 0 aliphatic heterocycles. The summed E-state index contributed by atoms with van der Waals surface area (Å²) in [5, 5.41) is 9.27. The lowest BCUT2D eigenvalue weighted by Gasteiger charge is -2.13. The Bertz CT molecular complexity index is 3840. The first-order chi connectivity index (χ1) is 30.2. The fourth-order valence-corrected chi connectivity index (χ4v) is 10.4. The molecule has 5 nitrogen and oxygen atoms in total. The summed E-state index contributed by atoms with van der Waals surface area (Å²) in [4.78, 5) is 15.4. The Balaban J connectivity index is 1.05. The molecule has 0 saturated heterocycles. The minimum absolute atomic E-state index is 0.593. The van der Waals surface area contributed by atoms with Crippen molar-refractivity contribution in [2.24, 2.45) is 0 Å². The summed E-state index contributed by atoms with van der Waals surface area (Å²) >= 11 is 1.85. The Hall–Kier alpha value is -7.93. The van der Waals surface area contributed by atoms with Crippen LogP contribution in [0.3, 0.4) is 0 Å². The molecule has 0 spiro atoms. The monoisotopic (exact) mass is 796 g/mol. The average Bonchev–Trinajstić information content (AvgIpc) is 4.00. The Kier molecular flexibility index (Phi) is 7.41. The van der Waals surface area contributed by atoms with E-state index in [1.54, 1.807) is 0 Å². The van der Waals surface area contributed by atoms with Crippen LogP contribution in [0.1, 0.15) is 0 Å². The molecule has 0 unspecified atom stereocenters.